The highest BCUT2D eigenvalue weighted by molar-refractivity contribution is 6.46. The van der Waals surface area contributed by atoms with Crippen LogP contribution in [0.3, 0.4) is 0 Å². The van der Waals surface area contributed by atoms with E-state index in [1.807, 2.05) is 32.0 Å². The number of rotatable bonds is 3. The van der Waals surface area contributed by atoms with E-state index in [4.69, 9.17) is 0 Å². The molecule has 0 saturated carbocycles. The van der Waals surface area contributed by atoms with Crippen LogP contribution in [0, 0.1) is 13.8 Å². The van der Waals surface area contributed by atoms with Crippen molar-refractivity contribution in [2.75, 3.05) is 5.32 Å². The Balaban J connectivity index is 2.17. The molecule has 0 fully saturated rings. The molecule has 1 aromatic heterocycles. The lowest BCUT2D eigenvalue weighted by molar-refractivity contribution is -0.112. The summed E-state index contributed by atoms with van der Waals surface area (Å²) in [5.41, 5.74) is 3.11. The van der Waals surface area contributed by atoms with Crippen molar-refractivity contribution in [3.63, 3.8) is 0 Å². The van der Waals surface area contributed by atoms with Crippen LogP contribution in [0.25, 0.3) is 0 Å². The van der Waals surface area contributed by atoms with Crippen molar-refractivity contribution in [2.24, 2.45) is 7.05 Å². The van der Waals surface area contributed by atoms with Crippen molar-refractivity contribution in [1.29, 1.82) is 0 Å². The molecule has 98 valence electrons. The number of hydrogen-bond donors (Lipinski definition) is 1. The van der Waals surface area contributed by atoms with Gasteiger partial charge in [0.25, 0.3) is 11.7 Å². The van der Waals surface area contributed by atoms with E-state index in [1.54, 1.807) is 29.9 Å². The van der Waals surface area contributed by atoms with Gasteiger partial charge in [-0.15, -0.1) is 0 Å². The molecule has 1 amide bonds. The smallest absolute Gasteiger partial charge is 0.298 e. The predicted octanol–water partition coefficient (Wildman–Crippen LogP) is 2.46. The molecule has 4 heteroatoms. The molecular formula is C15H16N2O2. The normalized spacial score (nSPS) is 10.3. The summed E-state index contributed by atoms with van der Waals surface area (Å²) in [5, 5.41) is 2.64. The monoisotopic (exact) mass is 256 g/mol. The van der Waals surface area contributed by atoms with Gasteiger partial charge in [0, 0.05) is 18.9 Å². The van der Waals surface area contributed by atoms with Gasteiger partial charge in [0.2, 0.25) is 0 Å². The van der Waals surface area contributed by atoms with Gasteiger partial charge in [-0.2, -0.15) is 0 Å². The number of aryl methyl sites for hydroxylation is 3. The second-order valence-electron chi connectivity index (χ2n) is 4.66. The molecule has 2 rings (SSSR count). The fraction of sp³-hybridized carbons (Fsp3) is 0.200. The summed E-state index contributed by atoms with van der Waals surface area (Å²) in [6, 6.07) is 9.04. The number of ketones is 1. The highest BCUT2D eigenvalue weighted by Crippen LogP contribution is 2.14. The summed E-state index contributed by atoms with van der Waals surface area (Å²) in [6.45, 7) is 3.89. The summed E-state index contributed by atoms with van der Waals surface area (Å²) in [4.78, 5) is 23.9. The zero-order valence-electron chi connectivity index (χ0n) is 11.2. The minimum absolute atomic E-state index is 0.377. The lowest BCUT2D eigenvalue weighted by atomic mass is 10.1. The quantitative estimate of drug-likeness (QED) is 0.677. The van der Waals surface area contributed by atoms with Crippen molar-refractivity contribution in [2.45, 2.75) is 13.8 Å². The second kappa shape index (κ2) is 5.10. The van der Waals surface area contributed by atoms with E-state index in [0.717, 1.165) is 11.1 Å². The SMILES string of the molecule is Cc1cc(C)cc(NC(=O)C(=O)c2cccn2C)c1. The summed E-state index contributed by atoms with van der Waals surface area (Å²) >= 11 is 0. The first-order valence-corrected chi connectivity index (χ1v) is 6.02. The van der Waals surface area contributed by atoms with Crippen LogP contribution < -0.4 is 5.32 Å². The van der Waals surface area contributed by atoms with Crippen LogP contribution in [0.4, 0.5) is 5.69 Å². The van der Waals surface area contributed by atoms with Gasteiger partial charge in [0.1, 0.15) is 0 Å². The number of hydrogen-bond acceptors (Lipinski definition) is 2. The van der Waals surface area contributed by atoms with E-state index < -0.39 is 11.7 Å². The van der Waals surface area contributed by atoms with Crippen molar-refractivity contribution in [3.05, 3.63) is 53.3 Å². The number of aromatic nitrogens is 1. The Morgan fingerprint density at radius 1 is 1.11 bits per heavy atom. The Morgan fingerprint density at radius 3 is 2.26 bits per heavy atom. The molecule has 19 heavy (non-hydrogen) atoms. The van der Waals surface area contributed by atoms with Gasteiger partial charge < -0.3 is 9.88 Å². The molecule has 0 unspecified atom stereocenters. The van der Waals surface area contributed by atoms with Gasteiger partial charge in [0.15, 0.2) is 0 Å². The fourth-order valence-electron chi connectivity index (χ4n) is 2.05. The van der Waals surface area contributed by atoms with Gasteiger partial charge >= 0.3 is 0 Å². The standard InChI is InChI=1S/C15H16N2O2/c1-10-7-11(2)9-12(8-10)16-15(19)14(18)13-5-4-6-17(13)3/h4-9H,1-3H3,(H,16,19). The summed E-state index contributed by atoms with van der Waals surface area (Å²) in [7, 11) is 1.73. The van der Waals surface area contributed by atoms with Crippen molar-refractivity contribution in [3.8, 4) is 0 Å². The van der Waals surface area contributed by atoms with Crippen LogP contribution in [0.5, 0.6) is 0 Å². The van der Waals surface area contributed by atoms with Gasteiger partial charge in [-0.3, -0.25) is 9.59 Å². The Kier molecular flexibility index (Phi) is 3.51. The molecule has 0 aliphatic rings. The van der Waals surface area contributed by atoms with E-state index >= 15 is 0 Å². The molecule has 1 aromatic carbocycles. The van der Waals surface area contributed by atoms with Crippen LogP contribution in [0.15, 0.2) is 36.5 Å². The van der Waals surface area contributed by atoms with Crippen LogP contribution in [-0.4, -0.2) is 16.3 Å². The molecule has 0 bridgehead atoms. The molecule has 1 heterocycles. The number of Topliss-reactive ketones (excluding diaryl/α,β-unsaturated/α-hetero) is 1. The van der Waals surface area contributed by atoms with Crippen molar-refractivity contribution >= 4 is 17.4 Å². The van der Waals surface area contributed by atoms with Gasteiger partial charge in [-0.05, 0) is 49.2 Å². The predicted molar refractivity (Wildman–Crippen MR) is 74.3 cm³/mol. The number of anilines is 1. The highest BCUT2D eigenvalue weighted by atomic mass is 16.2. The van der Waals surface area contributed by atoms with E-state index in [2.05, 4.69) is 5.32 Å². The van der Waals surface area contributed by atoms with E-state index in [9.17, 15) is 9.59 Å². The number of carbonyl (C=O) groups excluding carboxylic acids is 2. The van der Waals surface area contributed by atoms with E-state index in [0.29, 0.717) is 11.4 Å². The van der Waals surface area contributed by atoms with Crippen LogP contribution in [0.2, 0.25) is 0 Å². The first-order valence-electron chi connectivity index (χ1n) is 6.02. The molecule has 0 saturated heterocycles. The van der Waals surface area contributed by atoms with Gasteiger partial charge in [-0.1, -0.05) is 6.07 Å². The Labute approximate surface area is 112 Å². The maximum absolute atomic E-state index is 12.0. The summed E-state index contributed by atoms with van der Waals surface area (Å²) in [6.07, 6.45) is 1.73. The van der Waals surface area contributed by atoms with Crippen LogP contribution in [-0.2, 0) is 11.8 Å². The Morgan fingerprint density at radius 2 is 1.74 bits per heavy atom. The third-order valence-corrected chi connectivity index (χ3v) is 2.86. The third-order valence-electron chi connectivity index (χ3n) is 2.86. The van der Waals surface area contributed by atoms with Gasteiger partial charge in [-0.25, -0.2) is 0 Å². The average molecular weight is 256 g/mol. The number of nitrogens with one attached hydrogen (secondary N) is 1. The Bertz CT molecular complexity index is 621. The highest BCUT2D eigenvalue weighted by Gasteiger charge is 2.18. The minimum Gasteiger partial charge on any atom is -0.348 e. The molecule has 2 aromatic rings. The largest absolute Gasteiger partial charge is 0.348 e. The Hall–Kier alpha value is -2.36. The lowest BCUT2D eigenvalue weighted by Gasteiger charge is -2.07. The molecule has 0 atom stereocenters. The zero-order chi connectivity index (χ0) is 14.0. The lowest BCUT2D eigenvalue weighted by Crippen LogP contribution is -2.24. The molecule has 0 aliphatic carbocycles. The first kappa shape index (κ1) is 13.1. The van der Waals surface area contributed by atoms with Crippen LogP contribution >= 0.6 is 0 Å². The molecule has 0 aliphatic heterocycles. The van der Waals surface area contributed by atoms with Gasteiger partial charge in [0.05, 0.1) is 5.69 Å². The zero-order valence-corrected chi connectivity index (χ0v) is 11.2. The summed E-state index contributed by atoms with van der Waals surface area (Å²) < 4.78 is 1.63. The number of benzene rings is 1. The maximum Gasteiger partial charge on any atom is 0.298 e. The molecule has 1 N–H and O–H groups in total. The van der Waals surface area contributed by atoms with E-state index in [-0.39, 0.29) is 0 Å². The molecule has 0 spiro atoms. The van der Waals surface area contributed by atoms with Crippen molar-refractivity contribution in [1.82, 2.24) is 4.57 Å². The van der Waals surface area contributed by atoms with E-state index in [1.165, 1.54) is 0 Å². The van der Waals surface area contributed by atoms with Crippen LogP contribution in [0.1, 0.15) is 21.6 Å². The molecular weight excluding hydrogens is 240 g/mol. The summed E-state index contributed by atoms with van der Waals surface area (Å²) in [5.74, 6) is -1.15. The topological polar surface area (TPSA) is 51.1 Å². The number of nitrogens with zero attached hydrogens (tertiary/aromatic N) is 1. The minimum atomic E-state index is -0.619. The number of amides is 1. The number of carbonyl (C=O) groups is 2. The molecule has 0 radical (unpaired) electrons. The maximum atomic E-state index is 12.0. The first-order chi connectivity index (χ1) is 8.97. The third kappa shape index (κ3) is 2.91. The second-order valence-corrected chi connectivity index (χ2v) is 4.66. The molecule has 4 nitrogen and oxygen atoms in total. The average Bonchev–Trinajstić information content (AvgIpc) is 2.73. The fourth-order valence-corrected chi connectivity index (χ4v) is 2.05. The van der Waals surface area contributed by atoms with Crippen molar-refractivity contribution < 1.29 is 9.59 Å².